The summed E-state index contributed by atoms with van der Waals surface area (Å²) in [5, 5.41) is 2.06. The molecular formula is C18H20F3N2O3S+. The number of rotatable bonds is 5. The van der Waals surface area contributed by atoms with Gasteiger partial charge in [0, 0.05) is 11.3 Å². The molecule has 0 saturated heterocycles. The van der Waals surface area contributed by atoms with Crippen LogP contribution in [0.3, 0.4) is 0 Å². The number of aryl methyl sites for hydroxylation is 1. The second-order valence-corrected chi connectivity index (χ2v) is 8.56. The number of amides is 1. The maximum atomic E-state index is 12.7. The second-order valence-electron chi connectivity index (χ2n) is 6.28. The minimum atomic E-state index is -4.45. The summed E-state index contributed by atoms with van der Waals surface area (Å²) in [6.07, 6.45) is -4.45. The van der Waals surface area contributed by atoms with Crippen LogP contribution in [0.1, 0.15) is 35.3 Å². The normalized spacial score (nSPS) is 13.9. The van der Waals surface area contributed by atoms with Crippen molar-refractivity contribution in [3.63, 3.8) is 0 Å². The number of alkyl halides is 3. The Morgan fingerprint density at radius 2 is 1.70 bits per heavy atom. The maximum absolute atomic E-state index is 12.7. The summed E-state index contributed by atoms with van der Waals surface area (Å²) in [6, 6.07) is 8.93. The van der Waals surface area contributed by atoms with Crippen molar-refractivity contribution in [2.24, 2.45) is 0 Å². The van der Waals surface area contributed by atoms with Crippen molar-refractivity contribution in [3.05, 3.63) is 59.2 Å². The van der Waals surface area contributed by atoms with Crippen molar-refractivity contribution in [2.45, 2.75) is 32.2 Å². The largest absolute Gasteiger partial charge is 0.416 e. The number of halogens is 3. The van der Waals surface area contributed by atoms with E-state index in [1.165, 1.54) is 37.3 Å². The number of hydrogen-bond donors (Lipinski definition) is 3. The van der Waals surface area contributed by atoms with Crippen LogP contribution in [0.15, 0.2) is 42.5 Å². The van der Waals surface area contributed by atoms with Crippen molar-refractivity contribution in [3.8, 4) is 0 Å². The Morgan fingerprint density at radius 1 is 1.11 bits per heavy atom. The maximum Gasteiger partial charge on any atom is 0.416 e. The standard InChI is InChI=1S/C18H19F3N2O3S/c1-11(2)27(25,26)23-15-7-4-13(5-8-15)17(24)22-16-9-6-14(10-12(16)3)18(19,20)21/h4-11H,1-3H3,(H2-,22,23,24,25,26)/p+1. The first-order valence-corrected chi connectivity index (χ1v) is 9.60. The average Bonchev–Trinajstić information content (AvgIpc) is 2.55. The van der Waals surface area contributed by atoms with Gasteiger partial charge in [0.05, 0.1) is 11.3 Å². The fraction of sp³-hybridized carbons (Fsp3) is 0.278. The topological polar surface area (TPSA) is 78.4 Å². The van der Waals surface area contributed by atoms with Crippen LogP contribution < -0.4 is 10.0 Å². The summed E-state index contributed by atoms with van der Waals surface area (Å²) in [7, 11) is -3.25. The highest BCUT2D eigenvalue weighted by atomic mass is 32.3. The van der Waals surface area contributed by atoms with Crippen LogP contribution in [-0.2, 0) is 20.8 Å². The van der Waals surface area contributed by atoms with Crippen molar-refractivity contribution in [1.82, 2.24) is 0 Å². The quantitative estimate of drug-likeness (QED) is 0.619. The van der Waals surface area contributed by atoms with Gasteiger partial charge in [-0.1, -0.05) is 0 Å². The van der Waals surface area contributed by atoms with Gasteiger partial charge in [-0.2, -0.15) is 22.4 Å². The molecule has 2 aromatic rings. The molecule has 5 nitrogen and oxygen atoms in total. The number of hydrogen-bond acceptors (Lipinski definition) is 2. The highest BCUT2D eigenvalue weighted by Crippen LogP contribution is 2.31. The third-order valence-electron chi connectivity index (χ3n) is 3.85. The molecule has 3 N–H and O–H groups in total. The number of anilines is 2. The lowest BCUT2D eigenvalue weighted by Crippen LogP contribution is -2.29. The third-order valence-corrected chi connectivity index (χ3v) is 5.66. The Hall–Kier alpha value is -2.39. The van der Waals surface area contributed by atoms with Gasteiger partial charge in [0.15, 0.2) is 5.25 Å². The van der Waals surface area contributed by atoms with E-state index < -0.39 is 33.3 Å². The first kappa shape index (κ1) is 20.9. The molecule has 0 aliphatic heterocycles. The van der Waals surface area contributed by atoms with E-state index in [9.17, 15) is 26.7 Å². The number of carbonyl (C=O) groups is 1. The highest BCUT2D eigenvalue weighted by molar-refractivity contribution is 7.99. The number of benzene rings is 2. The second kappa shape index (κ2) is 7.69. The molecule has 1 unspecified atom stereocenters. The zero-order valence-corrected chi connectivity index (χ0v) is 15.7. The Balaban J connectivity index is 2.12. The molecule has 1 amide bonds. The average molecular weight is 401 g/mol. The van der Waals surface area contributed by atoms with E-state index in [2.05, 4.69) is 10.0 Å². The summed E-state index contributed by atoms with van der Waals surface area (Å²) < 4.78 is 62.3. The van der Waals surface area contributed by atoms with E-state index in [4.69, 9.17) is 0 Å². The summed E-state index contributed by atoms with van der Waals surface area (Å²) in [6.45, 7) is 4.68. The lowest BCUT2D eigenvalue weighted by atomic mass is 10.1. The van der Waals surface area contributed by atoms with Gasteiger partial charge in [0.1, 0.15) is 0 Å². The van der Waals surface area contributed by atoms with Gasteiger partial charge in [-0.3, -0.25) is 4.79 Å². The van der Waals surface area contributed by atoms with Crippen molar-refractivity contribution in [1.29, 1.82) is 0 Å². The fourth-order valence-corrected chi connectivity index (χ4v) is 2.86. The molecule has 0 saturated carbocycles. The zero-order valence-electron chi connectivity index (χ0n) is 14.9. The van der Waals surface area contributed by atoms with Crippen molar-refractivity contribution in [2.75, 3.05) is 10.0 Å². The molecule has 2 aromatic carbocycles. The summed E-state index contributed by atoms with van der Waals surface area (Å²) >= 11 is 0. The molecule has 146 valence electrons. The van der Waals surface area contributed by atoms with Crippen molar-refractivity contribution >= 4 is 27.7 Å². The van der Waals surface area contributed by atoms with Crippen molar-refractivity contribution < 1.29 is 26.7 Å². The van der Waals surface area contributed by atoms with Gasteiger partial charge >= 0.3 is 16.6 Å². The first-order valence-electron chi connectivity index (χ1n) is 8.02. The molecule has 0 aliphatic carbocycles. The molecule has 0 radical (unpaired) electrons. The molecule has 0 aliphatic rings. The Morgan fingerprint density at radius 3 is 2.19 bits per heavy atom. The van der Waals surface area contributed by atoms with Gasteiger partial charge in [-0.15, -0.1) is 0 Å². The molecule has 0 fully saturated rings. The lowest BCUT2D eigenvalue weighted by molar-refractivity contribution is -0.137. The van der Waals surface area contributed by atoms with Gasteiger partial charge in [0.25, 0.3) is 5.91 Å². The van der Waals surface area contributed by atoms with Gasteiger partial charge in [0.2, 0.25) is 0 Å². The van der Waals surface area contributed by atoms with Crippen LogP contribution in [0.2, 0.25) is 0 Å². The smallest absolute Gasteiger partial charge is 0.322 e. The molecule has 9 heteroatoms. The number of carbonyl (C=O) groups excluding carboxylic acids is 1. The van der Waals surface area contributed by atoms with E-state index in [0.29, 0.717) is 5.69 Å². The Kier molecular flexibility index (Phi) is 5.96. The molecule has 27 heavy (non-hydrogen) atoms. The summed E-state index contributed by atoms with van der Waals surface area (Å²) in [5.41, 5.74) is 0.403. The van der Waals surface area contributed by atoms with Crippen LogP contribution in [0.25, 0.3) is 0 Å². The predicted molar refractivity (Wildman–Crippen MR) is 100 cm³/mol. The van der Waals surface area contributed by atoms with E-state index in [1.54, 1.807) is 13.8 Å². The van der Waals surface area contributed by atoms with Gasteiger partial charge in [-0.05, 0) is 73.0 Å². The minimum Gasteiger partial charge on any atom is -0.322 e. The van der Waals surface area contributed by atoms with Crippen LogP contribution >= 0.6 is 0 Å². The Labute approximate surface area is 156 Å². The summed E-state index contributed by atoms with van der Waals surface area (Å²) in [4.78, 5) is 12.3. The molecule has 0 aromatic heterocycles. The van der Waals surface area contributed by atoms with Crippen LogP contribution in [0.4, 0.5) is 24.5 Å². The van der Waals surface area contributed by atoms with E-state index in [1.807, 2.05) is 0 Å². The Bertz CT molecular complexity index is 880. The predicted octanol–water partition coefficient (Wildman–Crippen LogP) is 4.97. The van der Waals surface area contributed by atoms with Crippen LogP contribution in [0, 0.1) is 6.92 Å². The van der Waals surface area contributed by atoms with E-state index in [-0.39, 0.29) is 16.8 Å². The highest BCUT2D eigenvalue weighted by Gasteiger charge is 2.31. The molecule has 0 bridgehead atoms. The lowest BCUT2D eigenvalue weighted by Gasteiger charge is -2.13. The van der Waals surface area contributed by atoms with Crippen LogP contribution in [0.5, 0.6) is 0 Å². The van der Waals surface area contributed by atoms with E-state index >= 15 is 0 Å². The first-order chi connectivity index (χ1) is 12.4. The zero-order chi connectivity index (χ0) is 20.4. The fourth-order valence-electron chi connectivity index (χ4n) is 2.15. The molecule has 1 atom stereocenters. The third kappa shape index (κ3) is 5.30. The molecule has 0 spiro atoms. The number of nitrogens with one attached hydrogen (secondary N) is 2. The van der Waals surface area contributed by atoms with Gasteiger partial charge in [-0.25, -0.2) is 0 Å². The SMILES string of the molecule is Cc1cc(C(F)(F)F)ccc1NC(=O)c1ccc(N[S+](=O)(O)C(C)C)cc1. The van der Waals surface area contributed by atoms with Crippen LogP contribution in [-0.4, -0.2) is 15.7 Å². The van der Waals surface area contributed by atoms with Gasteiger partial charge < -0.3 is 5.32 Å². The molecular weight excluding hydrogens is 381 g/mol. The molecule has 0 heterocycles. The minimum absolute atomic E-state index is 0.258. The molecule has 2 rings (SSSR count). The summed E-state index contributed by atoms with van der Waals surface area (Å²) in [5.74, 6) is -0.502. The van der Waals surface area contributed by atoms with E-state index in [0.717, 1.165) is 12.1 Å². The monoisotopic (exact) mass is 401 g/mol.